The lowest BCUT2D eigenvalue weighted by atomic mass is 10.2. The van der Waals surface area contributed by atoms with Gasteiger partial charge in [-0.2, -0.15) is 0 Å². The van der Waals surface area contributed by atoms with Gasteiger partial charge in [0.05, 0.1) is 5.69 Å². The molecule has 3 amide bonds. The van der Waals surface area contributed by atoms with Crippen molar-refractivity contribution in [1.82, 2.24) is 10.2 Å². The molecule has 1 saturated heterocycles. The number of carbonyl (C=O) groups excluding carboxylic acids is 2. The number of nitrogens with one attached hydrogen (secondary N) is 2. The molecule has 1 aromatic rings. The zero-order chi connectivity index (χ0) is 14.0. The van der Waals surface area contributed by atoms with E-state index in [1.54, 1.807) is 16.3 Å². The molecule has 2 rings (SSSR count). The van der Waals surface area contributed by atoms with Crippen molar-refractivity contribution in [2.24, 2.45) is 0 Å². The molecule has 2 N–H and O–H groups in total. The van der Waals surface area contributed by atoms with E-state index in [0.29, 0.717) is 23.0 Å². The molecule has 2 heterocycles. The Balaban J connectivity index is 1.90. The highest BCUT2D eigenvalue weighted by molar-refractivity contribution is 7.15. The Morgan fingerprint density at radius 3 is 2.84 bits per heavy atom. The van der Waals surface area contributed by atoms with Gasteiger partial charge in [0.15, 0.2) is 0 Å². The molecular weight excluding hydrogens is 286 g/mol. The molecule has 0 bridgehead atoms. The predicted octanol–water partition coefficient (Wildman–Crippen LogP) is 2.53. The second-order valence-corrected chi connectivity index (χ2v) is 6.19. The first kappa shape index (κ1) is 14.1. The minimum atomic E-state index is -0.445. The number of anilines is 1. The minimum Gasteiger partial charge on any atom is -0.338 e. The van der Waals surface area contributed by atoms with Crippen LogP contribution in [0.25, 0.3) is 0 Å². The molecule has 19 heavy (non-hydrogen) atoms. The van der Waals surface area contributed by atoms with Gasteiger partial charge in [0, 0.05) is 12.6 Å². The zero-order valence-corrected chi connectivity index (χ0v) is 12.3. The van der Waals surface area contributed by atoms with Crippen LogP contribution in [0.5, 0.6) is 0 Å². The number of thiophene rings is 1. The summed E-state index contributed by atoms with van der Waals surface area (Å²) in [4.78, 5) is 25.6. The summed E-state index contributed by atoms with van der Waals surface area (Å²) in [5, 5.41) is 7.11. The van der Waals surface area contributed by atoms with Crippen LogP contribution in [0.15, 0.2) is 11.4 Å². The summed E-state index contributed by atoms with van der Waals surface area (Å²) in [6, 6.07) is 1.04. The summed E-state index contributed by atoms with van der Waals surface area (Å²) in [6.45, 7) is 4.61. The number of likely N-dealkylation sites (tertiary alicyclic amines) is 1. The van der Waals surface area contributed by atoms with Crippen LogP contribution in [0, 0.1) is 0 Å². The monoisotopic (exact) mass is 301 g/mol. The van der Waals surface area contributed by atoms with Crippen molar-refractivity contribution in [1.29, 1.82) is 0 Å². The van der Waals surface area contributed by atoms with E-state index >= 15 is 0 Å². The van der Waals surface area contributed by atoms with Gasteiger partial charge in [-0.15, -0.1) is 11.3 Å². The van der Waals surface area contributed by atoms with Gasteiger partial charge < -0.3 is 15.5 Å². The Morgan fingerprint density at radius 2 is 2.32 bits per heavy atom. The highest BCUT2D eigenvalue weighted by Gasteiger charge is 2.33. The van der Waals surface area contributed by atoms with Crippen LogP contribution >= 0.6 is 22.9 Å². The summed E-state index contributed by atoms with van der Waals surface area (Å²) in [6.07, 6.45) is 0.641. The maximum absolute atomic E-state index is 12.0. The Bertz CT molecular complexity index is 489. The number of amides is 3. The van der Waals surface area contributed by atoms with Crippen molar-refractivity contribution in [2.75, 3.05) is 11.9 Å². The third kappa shape index (κ3) is 3.19. The van der Waals surface area contributed by atoms with E-state index in [-0.39, 0.29) is 11.9 Å². The first-order chi connectivity index (χ1) is 8.99. The van der Waals surface area contributed by atoms with Crippen molar-refractivity contribution in [3.63, 3.8) is 0 Å². The van der Waals surface area contributed by atoms with Crippen molar-refractivity contribution in [3.8, 4) is 0 Å². The third-order valence-corrected chi connectivity index (χ3v) is 4.20. The summed E-state index contributed by atoms with van der Waals surface area (Å²) in [5.41, 5.74) is 0.565. The van der Waals surface area contributed by atoms with Gasteiger partial charge in [-0.05, 0) is 31.7 Å². The number of nitrogens with zero attached hydrogens (tertiary/aromatic N) is 1. The van der Waals surface area contributed by atoms with Crippen molar-refractivity contribution >= 4 is 40.6 Å². The van der Waals surface area contributed by atoms with E-state index in [1.165, 1.54) is 11.3 Å². The summed E-state index contributed by atoms with van der Waals surface area (Å²) in [7, 11) is 0. The standard InChI is InChI=1S/C12H16ClN3O2S/c1-7(2)16-5-3-9(11(16)17)15-12(18)14-8-4-6-19-10(8)13/h4,6-7,9H,3,5H2,1-2H3,(H2,14,15,18). The molecular formula is C12H16ClN3O2S. The highest BCUT2D eigenvalue weighted by Crippen LogP contribution is 2.27. The van der Waals surface area contributed by atoms with E-state index in [0.717, 1.165) is 0 Å². The molecule has 0 radical (unpaired) electrons. The fraction of sp³-hybridized carbons (Fsp3) is 0.500. The lowest BCUT2D eigenvalue weighted by molar-refractivity contribution is -0.130. The SMILES string of the molecule is CC(C)N1CCC(NC(=O)Nc2ccsc2Cl)C1=O. The summed E-state index contributed by atoms with van der Waals surface area (Å²) >= 11 is 7.24. The van der Waals surface area contributed by atoms with E-state index in [2.05, 4.69) is 10.6 Å². The molecule has 1 aromatic heterocycles. The fourth-order valence-corrected chi connectivity index (χ4v) is 2.88. The van der Waals surface area contributed by atoms with Gasteiger partial charge in [-0.25, -0.2) is 4.79 Å². The Hall–Kier alpha value is -1.27. The van der Waals surface area contributed by atoms with E-state index in [4.69, 9.17) is 11.6 Å². The Labute approximate surface area is 120 Å². The van der Waals surface area contributed by atoms with E-state index < -0.39 is 12.1 Å². The topological polar surface area (TPSA) is 61.4 Å². The molecule has 0 spiro atoms. The largest absolute Gasteiger partial charge is 0.338 e. The van der Waals surface area contributed by atoms with E-state index in [1.807, 2.05) is 13.8 Å². The third-order valence-electron chi connectivity index (χ3n) is 3.03. The lowest BCUT2D eigenvalue weighted by Gasteiger charge is -2.21. The van der Waals surface area contributed by atoms with Crippen LogP contribution in [0.1, 0.15) is 20.3 Å². The zero-order valence-electron chi connectivity index (χ0n) is 10.8. The molecule has 1 unspecified atom stereocenters. The number of hydrogen-bond donors (Lipinski definition) is 2. The number of hydrogen-bond acceptors (Lipinski definition) is 3. The molecule has 1 aliphatic rings. The number of halogens is 1. The first-order valence-electron chi connectivity index (χ1n) is 6.10. The molecule has 7 heteroatoms. The van der Waals surface area contributed by atoms with Gasteiger partial charge >= 0.3 is 6.03 Å². The van der Waals surface area contributed by atoms with Crippen LogP contribution in [-0.2, 0) is 4.79 Å². The molecule has 0 aromatic carbocycles. The second kappa shape index (κ2) is 5.79. The van der Waals surface area contributed by atoms with Crippen LogP contribution in [0.2, 0.25) is 4.34 Å². The van der Waals surface area contributed by atoms with Gasteiger partial charge in [-0.3, -0.25) is 4.79 Å². The number of carbonyl (C=O) groups is 2. The van der Waals surface area contributed by atoms with Gasteiger partial charge in [0.1, 0.15) is 10.4 Å². The maximum atomic E-state index is 12.0. The van der Waals surface area contributed by atoms with Crippen molar-refractivity contribution < 1.29 is 9.59 Å². The molecule has 1 fully saturated rings. The molecule has 1 aliphatic heterocycles. The normalized spacial score (nSPS) is 19.1. The molecule has 0 saturated carbocycles. The predicted molar refractivity (Wildman–Crippen MR) is 76.7 cm³/mol. The average molecular weight is 302 g/mol. The molecule has 104 valence electrons. The molecule has 5 nitrogen and oxygen atoms in total. The van der Waals surface area contributed by atoms with Gasteiger partial charge in [0.25, 0.3) is 0 Å². The van der Waals surface area contributed by atoms with E-state index in [9.17, 15) is 9.59 Å². The van der Waals surface area contributed by atoms with Gasteiger partial charge in [-0.1, -0.05) is 11.6 Å². The summed E-state index contributed by atoms with van der Waals surface area (Å²) < 4.78 is 0.525. The van der Waals surface area contributed by atoms with Crippen molar-refractivity contribution in [2.45, 2.75) is 32.4 Å². The van der Waals surface area contributed by atoms with Crippen LogP contribution in [-0.4, -0.2) is 35.5 Å². The second-order valence-electron chi connectivity index (χ2n) is 4.67. The Kier molecular flexibility index (Phi) is 4.31. The fourth-order valence-electron chi connectivity index (χ4n) is 2.05. The first-order valence-corrected chi connectivity index (χ1v) is 7.36. The van der Waals surface area contributed by atoms with Crippen molar-refractivity contribution in [3.05, 3.63) is 15.8 Å². The highest BCUT2D eigenvalue weighted by atomic mass is 35.5. The molecule has 1 atom stereocenters. The molecule has 0 aliphatic carbocycles. The lowest BCUT2D eigenvalue weighted by Crippen LogP contribution is -2.44. The number of urea groups is 1. The number of rotatable bonds is 3. The van der Waals surface area contributed by atoms with Crippen LogP contribution in [0.4, 0.5) is 10.5 Å². The quantitative estimate of drug-likeness (QED) is 0.901. The summed E-state index contributed by atoms with van der Waals surface area (Å²) in [5.74, 6) is -0.0263. The Morgan fingerprint density at radius 1 is 1.58 bits per heavy atom. The van der Waals surface area contributed by atoms with Gasteiger partial charge in [0.2, 0.25) is 5.91 Å². The maximum Gasteiger partial charge on any atom is 0.319 e. The minimum absolute atomic E-state index is 0.0263. The smallest absolute Gasteiger partial charge is 0.319 e. The van der Waals surface area contributed by atoms with Crippen LogP contribution in [0.3, 0.4) is 0 Å². The van der Waals surface area contributed by atoms with Crippen LogP contribution < -0.4 is 10.6 Å². The average Bonchev–Trinajstić information content (AvgIpc) is 2.88.